The smallest absolute Gasteiger partial charge is 0.117 e. The van der Waals surface area contributed by atoms with Crippen LogP contribution in [0.2, 0.25) is 0 Å². The van der Waals surface area contributed by atoms with E-state index in [1.165, 1.54) is 56.9 Å². The van der Waals surface area contributed by atoms with Crippen LogP contribution in [0.3, 0.4) is 0 Å². The summed E-state index contributed by atoms with van der Waals surface area (Å²) in [5.74, 6) is 2.81. The zero-order chi connectivity index (χ0) is 14.8. The summed E-state index contributed by atoms with van der Waals surface area (Å²) in [6.07, 6.45) is 11.0. The SMILES string of the molecule is Nc1cc(O)ccc1C1CCC(C2CCC(I)CC2)CC1. The Kier molecular flexibility index (Phi) is 4.97. The Morgan fingerprint density at radius 2 is 1.48 bits per heavy atom. The van der Waals surface area contributed by atoms with Gasteiger partial charge in [0.15, 0.2) is 0 Å². The quantitative estimate of drug-likeness (QED) is 0.406. The van der Waals surface area contributed by atoms with Gasteiger partial charge in [-0.15, -0.1) is 0 Å². The molecular weight excluding hydrogens is 373 g/mol. The lowest BCUT2D eigenvalue weighted by molar-refractivity contribution is 0.190. The van der Waals surface area contributed by atoms with E-state index in [-0.39, 0.29) is 5.75 Å². The number of alkyl halides is 1. The highest BCUT2D eigenvalue weighted by molar-refractivity contribution is 14.1. The van der Waals surface area contributed by atoms with E-state index in [4.69, 9.17) is 5.73 Å². The van der Waals surface area contributed by atoms with Crippen LogP contribution >= 0.6 is 22.6 Å². The van der Waals surface area contributed by atoms with Crippen LogP contribution in [-0.4, -0.2) is 9.03 Å². The molecule has 2 aliphatic rings. The molecule has 3 rings (SSSR count). The first kappa shape index (κ1) is 15.4. The largest absolute Gasteiger partial charge is 0.508 e. The molecule has 116 valence electrons. The fraction of sp³-hybridized carbons (Fsp3) is 0.667. The predicted octanol–water partition coefficient (Wildman–Crippen LogP) is 5.24. The van der Waals surface area contributed by atoms with E-state index in [0.717, 1.165) is 21.4 Å². The van der Waals surface area contributed by atoms with Crippen molar-refractivity contribution >= 4 is 28.3 Å². The fourth-order valence-electron chi connectivity index (χ4n) is 4.39. The number of benzene rings is 1. The minimum Gasteiger partial charge on any atom is -0.508 e. The third kappa shape index (κ3) is 3.66. The third-order valence-corrected chi connectivity index (χ3v) is 6.90. The van der Waals surface area contributed by atoms with Crippen molar-refractivity contribution in [1.29, 1.82) is 0 Å². The van der Waals surface area contributed by atoms with Crippen LogP contribution in [0.5, 0.6) is 5.75 Å². The van der Waals surface area contributed by atoms with Crippen LogP contribution in [0.1, 0.15) is 62.8 Å². The molecule has 1 aromatic carbocycles. The van der Waals surface area contributed by atoms with Crippen molar-refractivity contribution in [3.8, 4) is 5.75 Å². The van der Waals surface area contributed by atoms with Crippen LogP contribution in [0.15, 0.2) is 18.2 Å². The molecule has 0 amide bonds. The summed E-state index contributed by atoms with van der Waals surface area (Å²) in [5, 5.41) is 9.49. The van der Waals surface area contributed by atoms with Gasteiger partial charge in [0.05, 0.1) is 0 Å². The van der Waals surface area contributed by atoms with E-state index < -0.39 is 0 Å². The lowest BCUT2D eigenvalue weighted by atomic mass is 9.70. The number of aromatic hydroxyl groups is 1. The van der Waals surface area contributed by atoms with Crippen molar-refractivity contribution in [2.24, 2.45) is 11.8 Å². The van der Waals surface area contributed by atoms with Crippen molar-refractivity contribution in [3.63, 3.8) is 0 Å². The Bertz CT molecular complexity index is 474. The third-order valence-electron chi connectivity index (χ3n) is 5.65. The second kappa shape index (κ2) is 6.76. The topological polar surface area (TPSA) is 46.2 Å². The highest BCUT2D eigenvalue weighted by atomic mass is 127. The van der Waals surface area contributed by atoms with Gasteiger partial charge < -0.3 is 10.8 Å². The number of hydrogen-bond acceptors (Lipinski definition) is 2. The van der Waals surface area contributed by atoms with E-state index in [2.05, 4.69) is 22.6 Å². The van der Waals surface area contributed by atoms with E-state index >= 15 is 0 Å². The molecule has 0 aromatic heterocycles. The molecule has 0 radical (unpaired) electrons. The van der Waals surface area contributed by atoms with Gasteiger partial charge in [-0.25, -0.2) is 0 Å². The zero-order valence-electron chi connectivity index (χ0n) is 12.6. The number of nitrogen functional groups attached to an aromatic ring is 1. The first-order valence-corrected chi connectivity index (χ1v) is 9.60. The van der Waals surface area contributed by atoms with Crippen LogP contribution in [-0.2, 0) is 0 Å². The lowest BCUT2D eigenvalue weighted by Gasteiger charge is -2.37. The van der Waals surface area contributed by atoms with Gasteiger partial charge in [0, 0.05) is 15.7 Å². The monoisotopic (exact) mass is 399 g/mol. The van der Waals surface area contributed by atoms with Gasteiger partial charge in [-0.2, -0.15) is 0 Å². The van der Waals surface area contributed by atoms with Crippen molar-refractivity contribution in [2.75, 3.05) is 5.73 Å². The summed E-state index contributed by atoms with van der Waals surface area (Å²) < 4.78 is 0.923. The second-order valence-corrected chi connectivity index (χ2v) is 8.70. The van der Waals surface area contributed by atoms with Gasteiger partial charge >= 0.3 is 0 Å². The molecule has 0 aliphatic heterocycles. The van der Waals surface area contributed by atoms with Crippen molar-refractivity contribution in [2.45, 2.75) is 61.2 Å². The molecule has 0 saturated heterocycles. The summed E-state index contributed by atoms with van der Waals surface area (Å²) >= 11 is 2.62. The first-order valence-electron chi connectivity index (χ1n) is 8.36. The summed E-state index contributed by atoms with van der Waals surface area (Å²) in [5.41, 5.74) is 8.10. The van der Waals surface area contributed by atoms with Gasteiger partial charge in [0.2, 0.25) is 0 Å². The van der Waals surface area contributed by atoms with Crippen LogP contribution in [0.4, 0.5) is 5.69 Å². The predicted molar refractivity (Wildman–Crippen MR) is 97.0 cm³/mol. The zero-order valence-corrected chi connectivity index (χ0v) is 14.8. The molecule has 1 aromatic rings. The molecule has 0 spiro atoms. The summed E-state index contributed by atoms with van der Waals surface area (Å²) in [6.45, 7) is 0. The molecule has 2 nitrogen and oxygen atoms in total. The molecule has 2 fully saturated rings. The Morgan fingerprint density at radius 1 is 0.905 bits per heavy atom. The highest BCUT2D eigenvalue weighted by Crippen LogP contribution is 2.44. The fourth-order valence-corrected chi connectivity index (χ4v) is 5.10. The summed E-state index contributed by atoms with van der Waals surface area (Å²) in [7, 11) is 0. The Hall–Kier alpha value is -0.450. The molecule has 2 saturated carbocycles. The van der Waals surface area contributed by atoms with Gasteiger partial charge in [0.1, 0.15) is 5.75 Å². The van der Waals surface area contributed by atoms with Crippen molar-refractivity contribution in [1.82, 2.24) is 0 Å². The lowest BCUT2D eigenvalue weighted by Crippen LogP contribution is -2.25. The number of hydrogen-bond donors (Lipinski definition) is 2. The van der Waals surface area contributed by atoms with Gasteiger partial charge in [-0.1, -0.05) is 28.7 Å². The van der Waals surface area contributed by atoms with Gasteiger partial charge in [-0.3, -0.25) is 0 Å². The van der Waals surface area contributed by atoms with Crippen LogP contribution in [0.25, 0.3) is 0 Å². The highest BCUT2D eigenvalue weighted by Gasteiger charge is 2.31. The number of phenolic OH excluding ortho intramolecular Hbond substituents is 1. The van der Waals surface area contributed by atoms with E-state index in [1.54, 1.807) is 12.1 Å². The Labute approximate surface area is 141 Å². The number of halogens is 1. The van der Waals surface area contributed by atoms with Gasteiger partial charge in [0.25, 0.3) is 0 Å². The standard InChI is InChI=1S/C18H26INO/c19-15-7-5-13(6-8-15)12-1-3-14(4-2-12)17-10-9-16(21)11-18(17)20/h9-15,21H,1-8,20H2. The maximum absolute atomic E-state index is 9.49. The molecule has 0 heterocycles. The second-order valence-electron chi connectivity index (χ2n) is 6.94. The molecule has 21 heavy (non-hydrogen) atoms. The molecule has 0 bridgehead atoms. The average molecular weight is 399 g/mol. The minimum atomic E-state index is 0.278. The molecular formula is C18H26INO. The van der Waals surface area contributed by atoms with Crippen molar-refractivity contribution < 1.29 is 5.11 Å². The summed E-state index contributed by atoms with van der Waals surface area (Å²) in [6, 6.07) is 5.50. The van der Waals surface area contributed by atoms with E-state index in [9.17, 15) is 5.11 Å². The molecule has 0 atom stereocenters. The molecule has 3 N–H and O–H groups in total. The number of rotatable bonds is 2. The van der Waals surface area contributed by atoms with Gasteiger partial charge in [-0.05, 0) is 80.8 Å². The van der Waals surface area contributed by atoms with E-state index in [1.807, 2.05) is 6.07 Å². The molecule has 2 aliphatic carbocycles. The molecule has 3 heteroatoms. The normalized spacial score (nSPS) is 33.8. The maximum atomic E-state index is 9.49. The van der Waals surface area contributed by atoms with E-state index in [0.29, 0.717) is 5.92 Å². The average Bonchev–Trinajstić information content (AvgIpc) is 2.48. The Morgan fingerprint density at radius 3 is 2.05 bits per heavy atom. The molecule has 0 unspecified atom stereocenters. The number of anilines is 1. The number of nitrogens with two attached hydrogens (primary N) is 1. The maximum Gasteiger partial charge on any atom is 0.117 e. The van der Waals surface area contributed by atoms with Crippen LogP contribution in [0, 0.1) is 11.8 Å². The summed E-state index contributed by atoms with van der Waals surface area (Å²) in [4.78, 5) is 0. The minimum absolute atomic E-state index is 0.278. The Balaban J connectivity index is 1.57. The first-order chi connectivity index (χ1) is 10.1. The number of phenols is 1. The van der Waals surface area contributed by atoms with Crippen LogP contribution < -0.4 is 5.73 Å². The van der Waals surface area contributed by atoms with Crippen molar-refractivity contribution in [3.05, 3.63) is 23.8 Å².